The summed E-state index contributed by atoms with van der Waals surface area (Å²) in [5.41, 5.74) is 3.20. The van der Waals surface area contributed by atoms with Crippen molar-refractivity contribution in [2.24, 2.45) is 0 Å². The Kier molecular flexibility index (Phi) is 11.0. The molecule has 9 nitrogen and oxygen atoms in total. The molecule has 5 rings (SSSR count). The van der Waals surface area contributed by atoms with E-state index in [1.807, 2.05) is 27.7 Å². The van der Waals surface area contributed by atoms with Gasteiger partial charge < -0.3 is 19.3 Å². The van der Waals surface area contributed by atoms with Crippen molar-refractivity contribution in [2.75, 3.05) is 24.7 Å². The van der Waals surface area contributed by atoms with E-state index in [-0.39, 0.29) is 16.5 Å². The Hall–Kier alpha value is -4.35. The number of carbonyl (C=O) groups is 2. The molecule has 1 saturated heterocycles. The van der Waals surface area contributed by atoms with Gasteiger partial charge in [0.25, 0.3) is 5.78 Å². The molecule has 1 aliphatic heterocycles. The van der Waals surface area contributed by atoms with Crippen LogP contribution in [0.1, 0.15) is 61.9 Å². The van der Waals surface area contributed by atoms with Gasteiger partial charge in [-0.05, 0) is 74.2 Å². The summed E-state index contributed by atoms with van der Waals surface area (Å²) in [6.45, 7) is 9.39. The molecule has 1 N–H and O–H groups in total. The number of nitrogens with zero attached hydrogens (tertiary/aromatic N) is 3. The molecular weight excluding hydrogens is 623 g/mol. The number of aryl methyl sites for hydroxylation is 1. The maximum absolute atomic E-state index is 13.7. The number of thioether (sulfide) groups is 1. The van der Waals surface area contributed by atoms with E-state index in [1.54, 1.807) is 42.5 Å². The van der Waals surface area contributed by atoms with Crippen LogP contribution in [0.2, 0.25) is 0 Å². The van der Waals surface area contributed by atoms with Crippen LogP contribution in [0, 0.1) is 6.92 Å². The van der Waals surface area contributed by atoms with E-state index in [1.165, 1.54) is 33.6 Å². The number of hydrogen-bond acceptors (Lipinski definition) is 10. The first kappa shape index (κ1) is 33.0. The predicted octanol–water partition coefficient (Wildman–Crippen LogP) is 7.74. The average molecular weight is 660 g/mol. The normalized spacial score (nSPS) is 15.7. The molecule has 1 amide bonds. The van der Waals surface area contributed by atoms with E-state index < -0.39 is 17.7 Å². The van der Waals surface area contributed by atoms with Crippen LogP contribution in [0.25, 0.3) is 5.76 Å². The molecule has 0 aliphatic carbocycles. The number of hydrogen-bond donors (Lipinski definition) is 1. The Balaban J connectivity index is 1.55. The van der Waals surface area contributed by atoms with Crippen LogP contribution < -0.4 is 19.1 Å². The van der Waals surface area contributed by atoms with E-state index in [0.29, 0.717) is 58.3 Å². The molecule has 0 radical (unpaired) electrons. The van der Waals surface area contributed by atoms with Crippen molar-refractivity contribution in [1.82, 2.24) is 10.2 Å². The third-order valence-corrected chi connectivity index (χ3v) is 9.30. The summed E-state index contributed by atoms with van der Waals surface area (Å²) < 4.78 is 18.1. The summed E-state index contributed by atoms with van der Waals surface area (Å²) in [7, 11) is 0. The van der Waals surface area contributed by atoms with Crippen molar-refractivity contribution in [3.63, 3.8) is 0 Å². The van der Waals surface area contributed by atoms with Gasteiger partial charge in [0.2, 0.25) is 5.13 Å². The van der Waals surface area contributed by atoms with Gasteiger partial charge in [0, 0.05) is 11.3 Å². The summed E-state index contributed by atoms with van der Waals surface area (Å²) in [6.07, 6.45) is 1.67. The van der Waals surface area contributed by atoms with Gasteiger partial charge in [-0.15, -0.1) is 10.2 Å². The number of aliphatic hydroxyl groups excluding tert-OH is 1. The minimum absolute atomic E-state index is 0.0547. The van der Waals surface area contributed by atoms with Crippen LogP contribution in [0.5, 0.6) is 17.2 Å². The summed E-state index contributed by atoms with van der Waals surface area (Å²) >= 11 is 2.72. The number of rotatable bonds is 14. The lowest BCUT2D eigenvalue weighted by atomic mass is 9.95. The Labute approximate surface area is 277 Å². The van der Waals surface area contributed by atoms with Crippen LogP contribution in [0.15, 0.2) is 76.6 Å². The molecule has 1 aromatic heterocycles. The second-order valence-electron chi connectivity index (χ2n) is 10.7. The predicted molar refractivity (Wildman–Crippen MR) is 181 cm³/mol. The first-order valence-electron chi connectivity index (χ1n) is 15.3. The van der Waals surface area contributed by atoms with Crippen LogP contribution >= 0.6 is 23.1 Å². The largest absolute Gasteiger partial charge is 0.507 e. The third-order valence-electron chi connectivity index (χ3n) is 7.17. The van der Waals surface area contributed by atoms with Gasteiger partial charge in [-0.2, -0.15) is 0 Å². The quantitative estimate of drug-likeness (QED) is 0.0478. The van der Waals surface area contributed by atoms with Gasteiger partial charge in [-0.3, -0.25) is 14.5 Å². The fourth-order valence-corrected chi connectivity index (χ4v) is 6.73. The molecule has 1 aliphatic rings. The number of Topliss-reactive ketones (excluding diaryl/α,β-unsaturated/α-hetero) is 1. The number of ketones is 1. The minimum atomic E-state index is -0.988. The van der Waals surface area contributed by atoms with Crippen LogP contribution in [-0.2, 0) is 15.3 Å². The van der Waals surface area contributed by atoms with Crippen LogP contribution in [-0.4, -0.2) is 46.8 Å². The van der Waals surface area contributed by atoms with Crippen molar-refractivity contribution in [3.8, 4) is 17.2 Å². The Morgan fingerprint density at radius 2 is 1.61 bits per heavy atom. The zero-order valence-corrected chi connectivity index (χ0v) is 28.0. The van der Waals surface area contributed by atoms with Crippen LogP contribution in [0.4, 0.5) is 5.13 Å². The molecule has 0 spiro atoms. The molecular formula is C35H37N3O6S2. The molecule has 2 heterocycles. The molecule has 1 fully saturated rings. The monoisotopic (exact) mass is 659 g/mol. The number of anilines is 1. The standard InChI is InChI=1S/C35H37N3O6S2/c1-5-18-43-26-15-12-24(13-16-26)31(39)29-30(25-14-17-27(44-19-6-2)28(20-25)42-7-3)38(33(41)32(29)40)34-36-37-35(46-34)45-21-23-10-8-22(4)9-11-23/h8-17,20,30,39H,5-7,18-19,21H2,1-4H3/b31-29+. The number of amides is 1. The highest BCUT2D eigenvalue weighted by molar-refractivity contribution is 8.00. The highest BCUT2D eigenvalue weighted by atomic mass is 32.2. The van der Waals surface area contributed by atoms with Gasteiger partial charge in [0.1, 0.15) is 11.5 Å². The highest BCUT2D eigenvalue weighted by Gasteiger charge is 2.48. The summed E-state index contributed by atoms with van der Waals surface area (Å²) in [5.74, 6) is 0.430. The van der Waals surface area contributed by atoms with Gasteiger partial charge in [-0.25, -0.2) is 0 Å². The fourth-order valence-electron chi connectivity index (χ4n) is 4.91. The SMILES string of the molecule is CCCOc1ccc(/C(O)=C2\C(=O)C(=O)N(c3nnc(SCc4ccc(C)cc4)s3)C2c2ccc(OCCC)c(OCC)c2)cc1. The maximum Gasteiger partial charge on any atom is 0.301 e. The van der Waals surface area contributed by atoms with Gasteiger partial charge >= 0.3 is 5.91 Å². The molecule has 11 heteroatoms. The molecule has 0 saturated carbocycles. The molecule has 1 unspecified atom stereocenters. The smallest absolute Gasteiger partial charge is 0.301 e. The molecule has 3 aromatic carbocycles. The molecule has 46 heavy (non-hydrogen) atoms. The Morgan fingerprint density at radius 1 is 0.891 bits per heavy atom. The van der Waals surface area contributed by atoms with Crippen molar-refractivity contribution in [3.05, 3.63) is 94.6 Å². The molecule has 240 valence electrons. The first-order valence-corrected chi connectivity index (χ1v) is 17.1. The molecule has 0 bridgehead atoms. The molecule has 4 aromatic rings. The Morgan fingerprint density at radius 3 is 2.30 bits per heavy atom. The number of carbonyl (C=O) groups excluding carboxylic acids is 2. The van der Waals surface area contributed by atoms with Gasteiger partial charge in [0.05, 0.1) is 31.4 Å². The second kappa shape index (κ2) is 15.3. The van der Waals surface area contributed by atoms with E-state index in [0.717, 1.165) is 18.4 Å². The van der Waals surface area contributed by atoms with Gasteiger partial charge in [0.15, 0.2) is 15.8 Å². The van der Waals surface area contributed by atoms with Crippen molar-refractivity contribution in [2.45, 2.75) is 56.7 Å². The first-order chi connectivity index (χ1) is 22.3. The van der Waals surface area contributed by atoms with E-state index >= 15 is 0 Å². The second-order valence-corrected chi connectivity index (χ2v) is 12.8. The summed E-state index contributed by atoms with van der Waals surface area (Å²) in [6, 6.07) is 19.3. The minimum Gasteiger partial charge on any atom is -0.507 e. The van der Waals surface area contributed by atoms with Crippen molar-refractivity contribution < 1.29 is 28.9 Å². The topological polar surface area (TPSA) is 111 Å². The third kappa shape index (κ3) is 7.37. The lowest BCUT2D eigenvalue weighted by Crippen LogP contribution is -2.29. The zero-order valence-electron chi connectivity index (χ0n) is 26.3. The van der Waals surface area contributed by atoms with E-state index in [9.17, 15) is 14.7 Å². The Bertz CT molecular complexity index is 1700. The highest BCUT2D eigenvalue weighted by Crippen LogP contribution is 2.45. The lowest BCUT2D eigenvalue weighted by molar-refractivity contribution is -0.132. The number of benzene rings is 3. The number of ether oxygens (including phenoxy) is 3. The molecule has 1 atom stereocenters. The number of aliphatic hydroxyl groups is 1. The summed E-state index contributed by atoms with van der Waals surface area (Å²) in [5, 5.41) is 20.5. The fraction of sp³-hybridized carbons (Fsp3) is 0.314. The average Bonchev–Trinajstić information content (AvgIpc) is 3.64. The van der Waals surface area contributed by atoms with Crippen LogP contribution in [0.3, 0.4) is 0 Å². The maximum atomic E-state index is 13.7. The zero-order chi connectivity index (χ0) is 32.6. The van der Waals surface area contributed by atoms with Crippen molar-refractivity contribution in [1.29, 1.82) is 0 Å². The van der Waals surface area contributed by atoms with Gasteiger partial charge in [-0.1, -0.05) is 72.8 Å². The summed E-state index contributed by atoms with van der Waals surface area (Å²) in [4.78, 5) is 28.8. The van der Waals surface area contributed by atoms with E-state index in [4.69, 9.17) is 14.2 Å². The van der Waals surface area contributed by atoms with Crippen molar-refractivity contribution >= 4 is 45.7 Å². The lowest BCUT2D eigenvalue weighted by Gasteiger charge is -2.23. The van der Waals surface area contributed by atoms with E-state index in [2.05, 4.69) is 34.5 Å². The number of aromatic nitrogens is 2.